The Kier molecular flexibility index (Phi) is 6.54. The molecule has 1 aliphatic rings. The number of aliphatic hydroxyl groups excluding tert-OH is 1. The maximum absolute atomic E-state index is 13.4. The average Bonchev–Trinajstić information content (AvgIpc) is 2.63. The molecular formula is C17H24FN3O3. The van der Waals surface area contributed by atoms with Crippen LogP contribution in [0.4, 0.5) is 4.39 Å². The van der Waals surface area contributed by atoms with Crippen LogP contribution in [-0.2, 0) is 22.7 Å². The van der Waals surface area contributed by atoms with E-state index in [2.05, 4.69) is 15.2 Å². The van der Waals surface area contributed by atoms with Crippen LogP contribution in [0.1, 0.15) is 24.0 Å². The molecule has 0 bridgehead atoms. The third-order valence-corrected chi connectivity index (χ3v) is 4.27. The Morgan fingerprint density at radius 1 is 1.46 bits per heavy atom. The molecule has 0 aliphatic carbocycles. The van der Waals surface area contributed by atoms with Gasteiger partial charge in [-0.1, -0.05) is 6.07 Å². The number of aliphatic hydroxyl groups is 1. The Morgan fingerprint density at radius 2 is 2.17 bits per heavy atom. The molecule has 0 spiro atoms. The van der Waals surface area contributed by atoms with E-state index >= 15 is 0 Å². The minimum absolute atomic E-state index is 0.0476. The molecule has 1 saturated heterocycles. The van der Waals surface area contributed by atoms with E-state index in [9.17, 15) is 9.18 Å². The van der Waals surface area contributed by atoms with Crippen molar-refractivity contribution in [2.45, 2.75) is 26.0 Å². The lowest BCUT2D eigenvalue weighted by molar-refractivity contribution is -0.146. The molecule has 0 atom stereocenters. The predicted octanol–water partition coefficient (Wildman–Crippen LogP) is 1.28. The standard InChI is InChI=1S/C17H24FN3O3/c1-19-17(21-7-5-13(6-8-21)16(23)24-2)20-10-12-3-4-15(18)14(9-12)11-22/h3-4,9,13,22H,5-8,10-11H2,1-2H3,(H,19,20). The number of hydrogen-bond donors (Lipinski definition) is 2. The monoisotopic (exact) mass is 337 g/mol. The number of methoxy groups -OCH3 is 1. The molecule has 132 valence electrons. The molecular weight excluding hydrogens is 313 g/mol. The first-order chi connectivity index (χ1) is 11.6. The van der Waals surface area contributed by atoms with Crippen LogP contribution in [0.15, 0.2) is 23.2 Å². The molecule has 2 rings (SSSR count). The molecule has 1 heterocycles. The molecule has 2 N–H and O–H groups in total. The van der Waals surface area contributed by atoms with Crippen molar-refractivity contribution in [1.82, 2.24) is 10.2 Å². The van der Waals surface area contributed by atoms with Gasteiger partial charge in [0.25, 0.3) is 0 Å². The minimum Gasteiger partial charge on any atom is -0.469 e. The summed E-state index contributed by atoms with van der Waals surface area (Å²) >= 11 is 0. The van der Waals surface area contributed by atoms with Gasteiger partial charge in [-0.3, -0.25) is 9.79 Å². The molecule has 0 unspecified atom stereocenters. The number of likely N-dealkylation sites (tertiary alicyclic amines) is 1. The molecule has 0 radical (unpaired) electrons. The van der Waals surface area contributed by atoms with E-state index in [0.29, 0.717) is 6.54 Å². The van der Waals surface area contributed by atoms with E-state index in [4.69, 9.17) is 9.84 Å². The fraction of sp³-hybridized carbons (Fsp3) is 0.529. The fourth-order valence-electron chi connectivity index (χ4n) is 2.87. The third-order valence-electron chi connectivity index (χ3n) is 4.27. The smallest absolute Gasteiger partial charge is 0.308 e. The Hall–Kier alpha value is -2.15. The zero-order chi connectivity index (χ0) is 17.5. The van der Waals surface area contributed by atoms with Gasteiger partial charge in [0.05, 0.1) is 19.6 Å². The van der Waals surface area contributed by atoms with Crippen molar-refractivity contribution in [3.8, 4) is 0 Å². The number of esters is 1. The number of hydrogen-bond acceptors (Lipinski definition) is 4. The summed E-state index contributed by atoms with van der Waals surface area (Å²) in [5, 5.41) is 12.4. The molecule has 0 aromatic heterocycles. The van der Waals surface area contributed by atoms with Gasteiger partial charge >= 0.3 is 5.97 Å². The molecule has 1 aromatic rings. The van der Waals surface area contributed by atoms with Crippen LogP contribution < -0.4 is 5.32 Å². The first kappa shape index (κ1) is 18.2. The van der Waals surface area contributed by atoms with Crippen molar-refractivity contribution in [3.05, 3.63) is 35.1 Å². The highest BCUT2D eigenvalue weighted by Crippen LogP contribution is 2.18. The predicted molar refractivity (Wildman–Crippen MR) is 88.8 cm³/mol. The van der Waals surface area contributed by atoms with Crippen molar-refractivity contribution < 1.29 is 19.0 Å². The van der Waals surface area contributed by atoms with Crippen LogP contribution >= 0.6 is 0 Å². The molecule has 24 heavy (non-hydrogen) atoms. The van der Waals surface area contributed by atoms with Crippen LogP contribution in [0.3, 0.4) is 0 Å². The topological polar surface area (TPSA) is 74.2 Å². The number of rotatable bonds is 4. The van der Waals surface area contributed by atoms with Gasteiger partial charge < -0.3 is 20.1 Å². The van der Waals surface area contributed by atoms with E-state index in [0.717, 1.165) is 37.5 Å². The number of halogens is 1. The van der Waals surface area contributed by atoms with Gasteiger partial charge in [0.2, 0.25) is 0 Å². The van der Waals surface area contributed by atoms with E-state index in [1.54, 1.807) is 19.2 Å². The van der Waals surface area contributed by atoms with Crippen molar-refractivity contribution in [3.63, 3.8) is 0 Å². The lowest BCUT2D eigenvalue weighted by Gasteiger charge is -2.33. The van der Waals surface area contributed by atoms with E-state index in [1.165, 1.54) is 13.2 Å². The van der Waals surface area contributed by atoms with Gasteiger partial charge in [-0.25, -0.2) is 4.39 Å². The van der Waals surface area contributed by atoms with Gasteiger partial charge in [-0.05, 0) is 30.5 Å². The second-order valence-electron chi connectivity index (χ2n) is 5.77. The van der Waals surface area contributed by atoms with Crippen molar-refractivity contribution in [2.24, 2.45) is 10.9 Å². The van der Waals surface area contributed by atoms with Crippen molar-refractivity contribution >= 4 is 11.9 Å². The van der Waals surface area contributed by atoms with Gasteiger partial charge in [-0.2, -0.15) is 0 Å². The summed E-state index contributed by atoms with van der Waals surface area (Å²) in [4.78, 5) is 17.9. The molecule has 1 aliphatic heterocycles. The summed E-state index contributed by atoms with van der Waals surface area (Å²) < 4.78 is 18.2. The molecule has 0 amide bonds. The molecule has 6 nitrogen and oxygen atoms in total. The van der Waals surface area contributed by atoms with Gasteiger partial charge in [-0.15, -0.1) is 0 Å². The number of guanidine groups is 1. The Morgan fingerprint density at radius 3 is 2.75 bits per heavy atom. The summed E-state index contributed by atoms with van der Waals surface area (Å²) in [6.07, 6.45) is 1.47. The maximum atomic E-state index is 13.4. The SMILES string of the molecule is CN=C(NCc1ccc(F)c(CO)c1)N1CCC(C(=O)OC)CC1. The third kappa shape index (κ3) is 4.44. The zero-order valence-corrected chi connectivity index (χ0v) is 14.1. The number of benzene rings is 1. The van der Waals surface area contributed by atoms with E-state index in [1.807, 2.05) is 0 Å². The largest absolute Gasteiger partial charge is 0.469 e. The normalized spacial score (nSPS) is 16.2. The number of ether oxygens (including phenoxy) is 1. The first-order valence-corrected chi connectivity index (χ1v) is 8.00. The molecule has 1 fully saturated rings. The van der Waals surface area contributed by atoms with Crippen molar-refractivity contribution in [2.75, 3.05) is 27.2 Å². The molecule has 1 aromatic carbocycles. The number of carbonyl (C=O) groups is 1. The van der Waals surface area contributed by atoms with Gasteiger partial charge in [0.1, 0.15) is 5.82 Å². The number of nitrogens with zero attached hydrogens (tertiary/aromatic N) is 2. The molecule has 7 heteroatoms. The number of aliphatic imine (C=N–C) groups is 1. The summed E-state index contributed by atoms with van der Waals surface area (Å²) in [6, 6.07) is 4.67. The lowest BCUT2D eigenvalue weighted by Crippen LogP contribution is -2.46. The number of piperidine rings is 1. The fourth-order valence-corrected chi connectivity index (χ4v) is 2.87. The molecule has 0 saturated carbocycles. The maximum Gasteiger partial charge on any atom is 0.308 e. The Bertz CT molecular complexity index is 599. The van der Waals surface area contributed by atoms with Crippen LogP contribution in [0.5, 0.6) is 0 Å². The highest BCUT2D eigenvalue weighted by Gasteiger charge is 2.26. The van der Waals surface area contributed by atoms with Crippen molar-refractivity contribution in [1.29, 1.82) is 0 Å². The summed E-state index contributed by atoms with van der Waals surface area (Å²) in [5.41, 5.74) is 1.15. The van der Waals surface area contributed by atoms with E-state index < -0.39 is 5.82 Å². The summed E-state index contributed by atoms with van der Waals surface area (Å²) in [7, 11) is 3.12. The van der Waals surface area contributed by atoms with Gasteiger partial charge in [0.15, 0.2) is 5.96 Å². The zero-order valence-electron chi connectivity index (χ0n) is 14.1. The second-order valence-corrected chi connectivity index (χ2v) is 5.77. The van der Waals surface area contributed by atoms with Crippen LogP contribution in [0, 0.1) is 11.7 Å². The Balaban J connectivity index is 1.90. The Labute approximate surface area is 141 Å². The highest BCUT2D eigenvalue weighted by atomic mass is 19.1. The van der Waals surface area contributed by atoms with Crippen LogP contribution in [-0.4, -0.2) is 49.2 Å². The van der Waals surface area contributed by atoms with Crippen LogP contribution in [0.2, 0.25) is 0 Å². The van der Waals surface area contributed by atoms with E-state index in [-0.39, 0.29) is 24.1 Å². The summed E-state index contributed by atoms with van der Waals surface area (Å²) in [6.45, 7) is 1.61. The number of carbonyl (C=O) groups excluding carboxylic acids is 1. The number of nitrogens with one attached hydrogen (secondary N) is 1. The summed E-state index contributed by atoms with van der Waals surface area (Å²) in [5.74, 6) is 0.137. The average molecular weight is 337 g/mol. The second kappa shape index (κ2) is 8.63. The highest BCUT2D eigenvalue weighted by molar-refractivity contribution is 5.80. The lowest BCUT2D eigenvalue weighted by atomic mass is 9.97. The van der Waals surface area contributed by atoms with Gasteiger partial charge in [0, 0.05) is 32.2 Å². The first-order valence-electron chi connectivity index (χ1n) is 8.00. The van der Waals surface area contributed by atoms with Crippen LogP contribution in [0.25, 0.3) is 0 Å². The quantitative estimate of drug-likeness (QED) is 0.492. The minimum atomic E-state index is -0.407.